The molecule has 0 saturated carbocycles. The van der Waals surface area contributed by atoms with Crippen LogP contribution in [-0.4, -0.2) is 114 Å². The van der Waals surface area contributed by atoms with Gasteiger partial charge in [-0.2, -0.15) is 0 Å². The maximum absolute atomic E-state index is 13.1. The zero-order valence-electron chi connectivity index (χ0n) is 83.7. The number of carbonyl (C=O) groups is 4. The second-order valence-electron chi connectivity index (χ2n) is 36.9. The van der Waals surface area contributed by atoms with Crippen molar-refractivity contribution in [2.24, 2.45) is 0 Å². The molecule has 0 saturated heterocycles. The van der Waals surface area contributed by atoms with Crippen LogP contribution >= 0.6 is 0 Å². The van der Waals surface area contributed by atoms with Crippen LogP contribution in [0, 0.1) is 0 Å². The van der Waals surface area contributed by atoms with Crippen molar-refractivity contribution >= 4 is 81.9 Å². The smallest absolute Gasteiger partial charge is 0.744 e. The van der Waals surface area contributed by atoms with Gasteiger partial charge in [-0.3, -0.25) is 0 Å². The number of ether oxygens (including phenoxy) is 4. The molecular weight excluding hydrogens is 1670 g/mol. The molecule has 0 radical (unpaired) electrons. The minimum Gasteiger partial charge on any atom is -0.744 e. The fourth-order valence-corrected chi connectivity index (χ4v) is 18.5. The van der Waals surface area contributed by atoms with Gasteiger partial charge in [0.25, 0.3) is 0 Å². The Labute approximate surface area is 824 Å². The van der Waals surface area contributed by atoms with Crippen molar-refractivity contribution in [3.63, 3.8) is 0 Å². The van der Waals surface area contributed by atoms with E-state index < -0.39 is 65.0 Å². The molecule has 0 aromatic heterocycles. The molecule has 0 spiro atoms. The van der Waals surface area contributed by atoms with Crippen LogP contribution in [0.4, 0.5) is 0 Å². The van der Waals surface area contributed by atoms with Crippen LogP contribution in [0.5, 0.6) is 0 Å². The molecule has 0 heterocycles. The number of unbranched alkanes of at least 4 members (excludes halogenated alkanes) is 72. The van der Waals surface area contributed by atoms with Crippen molar-refractivity contribution < 1.29 is 64.1 Å². The molecule has 0 aliphatic heterocycles. The van der Waals surface area contributed by atoms with E-state index in [-0.39, 0.29) is 75.3 Å². The summed E-state index contributed by atoms with van der Waals surface area (Å²) in [5, 5.41) is 0. The fraction of sp³-hybridized carbons (Fsp3) is 0.786. The first-order chi connectivity index (χ1) is 62.6. The number of allylic oxidation sites excluding steroid dienone is 8. The van der Waals surface area contributed by atoms with Gasteiger partial charge in [0.1, 0.15) is 20.2 Å². The summed E-state index contributed by atoms with van der Waals surface area (Å²) in [5.74, 6) is -3.60. The average molecular weight is 1870 g/mol. The zero-order chi connectivity index (χ0) is 92.9. The summed E-state index contributed by atoms with van der Waals surface area (Å²) in [6, 6.07) is 7.31. The van der Waals surface area contributed by atoms with Crippen molar-refractivity contribution in [2.75, 3.05) is 26.4 Å². The second-order valence-corrected chi connectivity index (χ2v) is 39.6. The molecule has 0 amide bonds. The van der Waals surface area contributed by atoms with Crippen molar-refractivity contribution in [1.82, 2.24) is 0 Å². The Morgan fingerprint density at radius 3 is 0.504 bits per heavy atom. The van der Waals surface area contributed by atoms with Gasteiger partial charge < -0.3 is 28.1 Å². The number of esters is 4. The van der Waals surface area contributed by atoms with Crippen molar-refractivity contribution in [2.45, 2.75) is 551 Å². The van der Waals surface area contributed by atoms with E-state index in [1.165, 1.54) is 410 Å². The Morgan fingerprint density at radius 1 is 0.217 bits per heavy atom. The third kappa shape index (κ3) is 80.2. The van der Waals surface area contributed by atoms with Gasteiger partial charge in [0.2, 0.25) is 0 Å². The van der Waals surface area contributed by atoms with Crippen molar-refractivity contribution in [1.29, 1.82) is 0 Å². The molecule has 0 aliphatic carbocycles. The largest absolute Gasteiger partial charge is 2.00 e. The van der Waals surface area contributed by atoms with Gasteiger partial charge in [0.15, 0.2) is 0 Å². The first-order valence-corrected chi connectivity index (χ1v) is 56.9. The van der Waals surface area contributed by atoms with Crippen LogP contribution in [0.2, 0.25) is 0 Å². The fourth-order valence-electron chi connectivity index (χ4n) is 17.1. The van der Waals surface area contributed by atoms with Gasteiger partial charge in [-0.25, -0.2) is 36.0 Å². The van der Waals surface area contributed by atoms with Gasteiger partial charge >= 0.3 is 61.6 Å². The van der Waals surface area contributed by atoms with E-state index in [0.29, 0.717) is 25.7 Å². The maximum atomic E-state index is 13.1. The summed E-state index contributed by atoms with van der Waals surface area (Å²) in [6.45, 7) is 9.28. The van der Waals surface area contributed by atoms with E-state index in [1.807, 2.05) is 0 Å². The Balaban J connectivity index is 0.00000252. The zero-order valence-corrected chi connectivity index (χ0v) is 87.6. The van der Waals surface area contributed by atoms with E-state index in [0.717, 1.165) is 115 Å². The van der Waals surface area contributed by atoms with Crippen LogP contribution in [0.15, 0.2) is 94.8 Å². The van der Waals surface area contributed by atoms with Gasteiger partial charge in [0, 0.05) is 0 Å². The molecule has 129 heavy (non-hydrogen) atoms. The van der Waals surface area contributed by atoms with Crippen LogP contribution < -0.4 is 0 Å². The standard InChI is InChI=1S/2C56H98O7S.Ca/c2*1-3-5-7-9-11-13-15-17-19-21-23-25-27-29-31-33-35-37-39-41-43-45-50-62-55(57)52-48-47-49-53(64(59,60)61)54(52)56(58)63-51-46-44-42-40-38-36-34-32-30-28-26-24-22-20-18-16-14-12-10-8-6-4-2;/h2*5-8,47-49H,3-4,9-46,50-51H2,1-2H3,(H,59,60,61);/q;;+2/p-2/b2*7-5+,8-6+;. The SMILES string of the molecule is CC/C=C/CCCCCCCCCCCCCCCCCCCCOC(=O)c1cccc(S(=O)(=O)[O-])c1C(=O)OCCCCCCCCCCCCCCCCCCCC/C=C/CC.CC/C=C/CCCCCCCCCCCCCCCCCCCCOC(=O)c1cccc(S(=O)(=O)[O-])c1C(=O)OCCCCCCCCCCCCCCCCCCCC/C=C/CC.[Ca+2]. The first kappa shape index (κ1) is 125. The molecule has 14 nitrogen and oxygen atoms in total. The molecule has 2 aromatic carbocycles. The van der Waals surface area contributed by atoms with Gasteiger partial charge in [-0.15, -0.1) is 0 Å². The molecule has 0 N–H and O–H groups in total. The van der Waals surface area contributed by atoms with Crippen LogP contribution in [0.25, 0.3) is 0 Å². The monoisotopic (exact) mass is 1870 g/mol. The maximum Gasteiger partial charge on any atom is 2.00 e. The van der Waals surface area contributed by atoms with E-state index in [9.17, 15) is 45.1 Å². The number of carbonyl (C=O) groups excluding carboxylic acids is 4. The molecule has 0 aliphatic rings. The van der Waals surface area contributed by atoms with Crippen LogP contribution in [0.3, 0.4) is 0 Å². The minimum absolute atomic E-state index is 0. The number of rotatable bonds is 94. The summed E-state index contributed by atoms with van der Waals surface area (Å²) in [4.78, 5) is 50.7. The molecule has 0 fully saturated rings. The number of benzene rings is 2. The van der Waals surface area contributed by atoms with E-state index in [2.05, 4.69) is 76.3 Å². The number of hydrogen-bond acceptors (Lipinski definition) is 14. The van der Waals surface area contributed by atoms with Crippen molar-refractivity contribution in [3.8, 4) is 0 Å². The minimum atomic E-state index is -5.02. The molecule has 0 atom stereocenters. The van der Waals surface area contributed by atoms with Crippen LogP contribution in [0.1, 0.15) is 583 Å². The summed E-state index contributed by atoms with van der Waals surface area (Å²) < 4.78 is 94.0. The topological polar surface area (TPSA) is 220 Å². The van der Waals surface area contributed by atoms with E-state index in [1.54, 1.807) is 0 Å². The molecule has 2 rings (SSSR count). The molecular formula is C112H194CaO14S2. The first-order valence-electron chi connectivity index (χ1n) is 54.1. The molecule has 740 valence electrons. The summed E-state index contributed by atoms with van der Waals surface area (Å²) in [6.07, 6.45) is 118. The quantitative estimate of drug-likeness (QED) is 0.0150. The summed E-state index contributed by atoms with van der Waals surface area (Å²) in [7, 11) is -10.0. The Morgan fingerprint density at radius 2 is 0.357 bits per heavy atom. The molecule has 17 heteroatoms. The van der Waals surface area contributed by atoms with Gasteiger partial charge in [-0.05, 0) is 127 Å². The Bertz CT molecular complexity index is 3020. The molecule has 0 unspecified atom stereocenters. The van der Waals surface area contributed by atoms with E-state index >= 15 is 0 Å². The average Bonchev–Trinajstić information content (AvgIpc) is 0.794. The predicted molar refractivity (Wildman–Crippen MR) is 544 cm³/mol. The summed E-state index contributed by atoms with van der Waals surface area (Å²) >= 11 is 0. The third-order valence-corrected chi connectivity index (χ3v) is 26.8. The van der Waals surface area contributed by atoms with Crippen LogP contribution in [-0.2, 0) is 39.2 Å². The summed E-state index contributed by atoms with van der Waals surface area (Å²) in [5.41, 5.74) is -1.53. The van der Waals surface area contributed by atoms with E-state index in [4.69, 9.17) is 18.9 Å². The van der Waals surface area contributed by atoms with Gasteiger partial charge in [0.05, 0.1) is 58.5 Å². The molecule has 0 bridgehead atoms. The van der Waals surface area contributed by atoms with Gasteiger partial charge in [-0.1, -0.05) is 499 Å². The number of hydrogen-bond donors (Lipinski definition) is 0. The predicted octanol–water partition coefficient (Wildman–Crippen LogP) is 34.9. The normalized spacial score (nSPS) is 11.8. The third-order valence-electron chi connectivity index (χ3n) is 25.0. The Kier molecular flexibility index (Phi) is 93.3. The second kappa shape index (κ2) is 96.1. The molecule has 2 aromatic rings. The Hall–Kier alpha value is -3.64. The van der Waals surface area contributed by atoms with Crippen molar-refractivity contribution in [3.05, 3.63) is 107 Å².